The molecular formula is C28H30N2O4. The highest BCUT2D eigenvalue weighted by molar-refractivity contribution is 5.84. The van der Waals surface area contributed by atoms with Gasteiger partial charge in [0.05, 0.1) is 26.9 Å². The SMILES string of the molecule is COc1cc(-c2c(OC)cccc2OC)cc2c1OCCN(Cc1cn(C)c3ccccc13)C2. The summed E-state index contributed by atoms with van der Waals surface area (Å²) in [4.78, 5) is 2.43. The van der Waals surface area contributed by atoms with E-state index in [1.165, 1.54) is 16.5 Å². The van der Waals surface area contributed by atoms with Crippen molar-refractivity contribution in [1.29, 1.82) is 0 Å². The lowest BCUT2D eigenvalue weighted by Crippen LogP contribution is -2.25. The largest absolute Gasteiger partial charge is 0.496 e. The van der Waals surface area contributed by atoms with Gasteiger partial charge in [0.15, 0.2) is 11.5 Å². The van der Waals surface area contributed by atoms with Crippen molar-refractivity contribution in [1.82, 2.24) is 9.47 Å². The molecule has 1 aliphatic rings. The van der Waals surface area contributed by atoms with Crippen LogP contribution in [0.4, 0.5) is 0 Å². The molecule has 0 aliphatic carbocycles. The minimum atomic E-state index is 0.603. The second-order valence-corrected chi connectivity index (χ2v) is 8.55. The molecular weight excluding hydrogens is 428 g/mol. The minimum absolute atomic E-state index is 0.603. The van der Waals surface area contributed by atoms with Crippen molar-refractivity contribution in [2.45, 2.75) is 13.1 Å². The highest BCUT2D eigenvalue weighted by atomic mass is 16.5. The second-order valence-electron chi connectivity index (χ2n) is 8.55. The van der Waals surface area contributed by atoms with E-state index in [-0.39, 0.29) is 0 Å². The Morgan fingerprint density at radius 3 is 2.35 bits per heavy atom. The predicted octanol–water partition coefficient (Wildman–Crippen LogP) is 5.27. The highest BCUT2D eigenvalue weighted by Gasteiger charge is 2.23. The first kappa shape index (κ1) is 22.2. The normalized spacial score (nSPS) is 13.8. The molecule has 1 aromatic heterocycles. The van der Waals surface area contributed by atoms with E-state index in [1.54, 1.807) is 21.3 Å². The third kappa shape index (κ3) is 3.94. The van der Waals surface area contributed by atoms with Crippen LogP contribution in [0.5, 0.6) is 23.0 Å². The lowest BCUT2D eigenvalue weighted by molar-refractivity contribution is 0.217. The lowest BCUT2D eigenvalue weighted by atomic mass is 9.99. The molecule has 2 heterocycles. The first-order valence-electron chi connectivity index (χ1n) is 11.4. The van der Waals surface area contributed by atoms with E-state index >= 15 is 0 Å². The Bertz CT molecular complexity index is 1310. The fourth-order valence-corrected chi connectivity index (χ4v) is 4.90. The highest BCUT2D eigenvalue weighted by Crippen LogP contribution is 2.44. The van der Waals surface area contributed by atoms with Crippen LogP contribution in [0.1, 0.15) is 11.1 Å². The molecule has 1 aliphatic heterocycles. The van der Waals surface area contributed by atoms with Crippen molar-refractivity contribution in [2.24, 2.45) is 7.05 Å². The number of methoxy groups -OCH3 is 3. The molecule has 0 spiro atoms. The van der Waals surface area contributed by atoms with E-state index in [1.807, 2.05) is 24.3 Å². The van der Waals surface area contributed by atoms with Gasteiger partial charge in [-0.2, -0.15) is 0 Å². The number of ether oxygens (including phenoxy) is 4. The molecule has 3 aromatic carbocycles. The molecule has 0 N–H and O–H groups in total. The van der Waals surface area contributed by atoms with Crippen molar-refractivity contribution in [3.63, 3.8) is 0 Å². The third-order valence-electron chi connectivity index (χ3n) is 6.49. The average Bonchev–Trinajstić information content (AvgIpc) is 3.04. The van der Waals surface area contributed by atoms with Gasteiger partial charge in [0.1, 0.15) is 18.1 Å². The Kier molecular flexibility index (Phi) is 6.07. The summed E-state index contributed by atoms with van der Waals surface area (Å²) in [5, 5.41) is 1.29. The summed E-state index contributed by atoms with van der Waals surface area (Å²) in [6, 6.07) is 18.5. The maximum absolute atomic E-state index is 6.20. The number of nitrogens with zero attached hydrogens (tertiary/aromatic N) is 2. The zero-order valence-electron chi connectivity index (χ0n) is 20.1. The van der Waals surface area contributed by atoms with Crippen LogP contribution in [0.3, 0.4) is 0 Å². The van der Waals surface area contributed by atoms with Crippen LogP contribution in [0.2, 0.25) is 0 Å². The number of para-hydroxylation sites is 1. The number of fused-ring (bicyclic) bond motifs is 2. The van der Waals surface area contributed by atoms with E-state index in [2.05, 4.69) is 53.0 Å². The fraction of sp³-hybridized carbons (Fsp3) is 0.286. The molecule has 0 atom stereocenters. The van der Waals surface area contributed by atoms with Crippen LogP contribution in [-0.4, -0.2) is 43.9 Å². The van der Waals surface area contributed by atoms with Crippen molar-refractivity contribution >= 4 is 10.9 Å². The van der Waals surface area contributed by atoms with Gasteiger partial charge >= 0.3 is 0 Å². The monoisotopic (exact) mass is 458 g/mol. The first-order chi connectivity index (χ1) is 16.6. The standard InChI is InChI=1S/C28H30N2O4/c1-29-16-21(22-8-5-6-9-23(22)29)18-30-12-13-34-28-20(17-30)14-19(15-26(28)33-4)27-24(31-2)10-7-11-25(27)32-3/h5-11,14-16H,12-13,17-18H2,1-4H3. The van der Waals surface area contributed by atoms with Gasteiger partial charge < -0.3 is 23.5 Å². The summed E-state index contributed by atoms with van der Waals surface area (Å²) in [5.41, 5.74) is 5.52. The molecule has 0 radical (unpaired) electrons. The second kappa shape index (κ2) is 9.31. The van der Waals surface area contributed by atoms with Crippen LogP contribution >= 0.6 is 0 Å². The van der Waals surface area contributed by atoms with E-state index in [0.717, 1.165) is 53.6 Å². The summed E-state index contributed by atoms with van der Waals surface area (Å²) in [6.07, 6.45) is 2.23. The molecule has 0 unspecified atom stereocenters. The van der Waals surface area contributed by atoms with Crippen LogP contribution in [0.15, 0.2) is 60.8 Å². The molecule has 0 bridgehead atoms. The summed E-state index contributed by atoms with van der Waals surface area (Å²) in [7, 11) is 7.13. The number of rotatable bonds is 6. The first-order valence-corrected chi connectivity index (χ1v) is 11.4. The predicted molar refractivity (Wildman–Crippen MR) is 134 cm³/mol. The maximum atomic E-state index is 6.20. The summed E-state index contributed by atoms with van der Waals surface area (Å²) >= 11 is 0. The quantitative estimate of drug-likeness (QED) is 0.394. The zero-order chi connectivity index (χ0) is 23.7. The lowest BCUT2D eigenvalue weighted by Gasteiger charge is -2.20. The zero-order valence-corrected chi connectivity index (χ0v) is 20.1. The summed E-state index contributed by atoms with van der Waals surface area (Å²) in [6.45, 7) is 3.02. The van der Waals surface area contributed by atoms with Crippen LogP contribution < -0.4 is 18.9 Å². The number of aryl methyl sites for hydroxylation is 1. The van der Waals surface area contributed by atoms with Crippen molar-refractivity contribution in [2.75, 3.05) is 34.5 Å². The fourth-order valence-electron chi connectivity index (χ4n) is 4.90. The molecule has 0 amide bonds. The van der Waals surface area contributed by atoms with Gasteiger partial charge in [-0.05, 0) is 41.5 Å². The van der Waals surface area contributed by atoms with Gasteiger partial charge in [0.25, 0.3) is 0 Å². The van der Waals surface area contributed by atoms with E-state index in [9.17, 15) is 0 Å². The topological polar surface area (TPSA) is 45.1 Å². The summed E-state index contributed by atoms with van der Waals surface area (Å²) < 4.78 is 25.5. The molecule has 34 heavy (non-hydrogen) atoms. The molecule has 4 aromatic rings. The van der Waals surface area contributed by atoms with E-state index in [4.69, 9.17) is 18.9 Å². The van der Waals surface area contributed by atoms with Crippen LogP contribution in [0.25, 0.3) is 22.0 Å². The van der Waals surface area contributed by atoms with Gasteiger partial charge in [0.2, 0.25) is 0 Å². The Morgan fingerprint density at radius 2 is 1.62 bits per heavy atom. The molecule has 0 saturated heterocycles. The molecule has 176 valence electrons. The van der Waals surface area contributed by atoms with Gasteiger partial charge in [-0.3, -0.25) is 4.90 Å². The Labute approximate surface area is 200 Å². The van der Waals surface area contributed by atoms with E-state index < -0.39 is 0 Å². The number of hydrogen-bond donors (Lipinski definition) is 0. The Morgan fingerprint density at radius 1 is 0.882 bits per heavy atom. The van der Waals surface area contributed by atoms with Gasteiger partial charge in [-0.25, -0.2) is 0 Å². The van der Waals surface area contributed by atoms with Crippen LogP contribution in [0, 0.1) is 0 Å². The summed E-state index contributed by atoms with van der Waals surface area (Å²) in [5.74, 6) is 3.03. The number of aromatic nitrogens is 1. The molecule has 0 saturated carbocycles. The van der Waals surface area contributed by atoms with Crippen molar-refractivity contribution in [3.8, 4) is 34.1 Å². The Balaban J connectivity index is 1.54. The van der Waals surface area contributed by atoms with Crippen molar-refractivity contribution in [3.05, 3.63) is 71.9 Å². The average molecular weight is 459 g/mol. The molecule has 6 heteroatoms. The van der Waals surface area contributed by atoms with Crippen molar-refractivity contribution < 1.29 is 18.9 Å². The number of benzene rings is 3. The molecule has 0 fully saturated rings. The maximum Gasteiger partial charge on any atom is 0.165 e. The Hall–Kier alpha value is -3.64. The smallest absolute Gasteiger partial charge is 0.165 e. The third-order valence-corrected chi connectivity index (χ3v) is 6.49. The van der Waals surface area contributed by atoms with E-state index in [0.29, 0.717) is 12.4 Å². The van der Waals surface area contributed by atoms with Crippen LogP contribution in [-0.2, 0) is 20.1 Å². The minimum Gasteiger partial charge on any atom is -0.496 e. The van der Waals surface area contributed by atoms with Gasteiger partial charge in [-0.15, -0.1) is 0 Å². The molecule has 6 nitrogen and oxygen atoms in total. The molecule has 5 rings (SSSR count). The van der Waals surface area contributed by atoms with Gasteiger partial charge in [0, 0.05) is 49.3 Å². The van der Waals surface area contributed by atoms with Gasteiger partial charge in [-0.1, -0.05) is 24.3 Å². The number of hydrogen-bond acceptors (Lipinski definition) is 5.